The zero-order valence-electron chi connectivity index (χ0n) is 19.5. The highest BCUT2D eigenvalue weighted by atomic mass is 19.2. The SMILES string of the molecule is C=C(/C=C/C1CCC(c2ccc(C3CCC(O)CC3)c(F)c2F)CC1)/C=C(/F)C(=C)OCC. The monoisotopic (exact) mass is 460 g/mol. The summed E-state index contributed by atoms with van der Waals surface area (Å²) in [5.41, 5.74) is 1.44. The fourth-order valence-corrected chi connectivity index (χ4v) is 5.01. The summed E-state index contributed by atoms with van der Waals surface area (Å²) < 4.78 is 48.8. The van der Waals surface area contributed by atoms with Gasteiger partial charge in [0.15, 0.2) is 17.5 Å². The average Bonchev–Trinajstić information content (AvgIpc) is 2.81. The molecule has 2 aliphatic carbocycles. The van der Waals surface area contributed by atoms with E-state index >= 15 is 0 Å². The van der Waals surface area contributed by atoms with Crippen LogP contribution in [0.25, 0.3) is 0 Å². The lowest BCUT2D eigenvalue weighted by molar-refractivity contribution is 0.122. The van der Waals surface area contributed by atoms with Gasteiger partial charge in [-0.3, -0.25) is 0 Å². The number of ether oxygens (including phenoxy) is 1. The van der Waals surface area contributed by atoms with E-state index in [-0.39, 0.29) is 23.7 Å². The first-order valence-electron chi connectivity index (χ1n) is 12.0. The molecule has 0 bridgehead atoms. The Morgan fingerprint density at radius 2 is 1.48 bits per heavy atom. The van der Waals surface area contributed by atoms with Crippen LogP contribution in [0.2, 0.25) is 0 Å². The van der Waals surface area contributed by atoms with Gasteiger partial charge in [0.2, 0.25) is 0 Å². The summed E-state index contributed by atoms with van der Waals surface area (Å²) in [5, 5.41) is 9.68. The van der Waals surface area contributed by atoms with Crippen LogP contribution in [0, 0.1) is 17.6 Å². The average molecular weight is 461 g/mol. The van der Waals surface area contributed by atoms with Gasteiger partial charge in [-0.25, -0.2) is 13.2 Å². The second kappa shape index (κ2) is 11.7. The van der Waals surface area contributed by atoms with Crippen LogP contribution in [-0.2, 0) is 4.74 Å². The van der Waals surface area contributed by atoms with Crippen molar-refractivity contribution >= 4 is 0 Å². The maximum Gasteiger partial charge on any atom is 0.165 e. The third-order valence-corrected chi connectivity index (χ3v) is 6.97. The number of hydrogen-bond donors (Lipinski definition) is 1. The van der Waals surface area contributed by atoms with Crippen molar-refractivity contribution in [3.05, 3.63) is 83.4 Å². The van der Waals surface area contributed by atoms with Crippen molar-refractivity contribution in [3.63, 3.8) is 0 Å². The number of rotatable bonds is 8. The Bertz CT molecular complexity index is 902. The molecule has 1 aromatic carbocycles. The molecule has 180 valence electrons. The molecule has 0 saturated heterocycles. The van der Waals surface area contributed by atoms with E-state index in [1.165, 1.54) is 6.08 Å². The number of hydrogen-bond acceptors (Lipinski definition) is 2. The lowest BCUT2D eigenvalue weighted by Crippen LogP contribution is -2.19. The van der Waals surface area contributed by atoms with Crippen molar-refractivity contribution < 1.29 is 23.0 Å². The number of aliphatic hydroxyl groups excluding tert-OH is 1. The Labute approximate surface area is 195 Å². The van der Waals surface area contributed by atoms with Gasteiger partial charge in [-0.05, 0) is 98.8 Å². The van der Waals surface area contributed by atoms with Crippen molar-refractivity contribution in [3.8, 4) is 0 Å². The van der Waals surface area contributed by atoms with Gasteiger partial charge in [-0.15, -0.1) is 0 Å². The van der Waals surface area contributed by atoms with Crippen LogP contribution in [0.1, 0.15) is 81.3 Å². The summed E-state index contributed by atoms with van der Waals surface area (Å²) in [6.45, 7) is 9.50. The molecule has 2 saturated carbocycles. The number of benzene rings is 1. The van der Waals surface area contributed by atoms with Gasteiger partial charge in [-0.1, -0.05) is 37.4 Å². The first kappa shape index (κ1) is 25.4. The smallest absolute Gasteiger partial charge is 0.165 e. The molecule has 0 spiro atoms. The van der Waals surface area contributed by atoms with E-state index < -0.39 is 17.5 Å². The summed E-state index contributed by atoms with van der Waals surface area (Å²) in [7, 11) is 0. The van der Waals surface area contributed by atoms with Crippen LogP contribution < -0.4 is 0 Å². The zero-order valence-corrected chi connectivity index (χ0v) is 19.5. The third kappa shape index (κ3) is 6.63. The highest BCUT2D eigenvalue weighted by molar-refractivity contribution is 5.34. The first-order valence-corrected chi connectivity index (χ1v) is 12.0. The first-order chi connectivity index (χ1) is 15.8. The summed E-state index contributed by atoms with van der Waals surface area (Å²) in [5.74, 6) is -1.69. The van der Waals surface area contributed by atoms with Crippen LogP contribution in [0.4, 0.5) is 13.2 Å². The van der Waals surface area contributed by atoms with Crippen molar-refractivity contribution in [2.45, 2.75) is 76.2 Å². The predicted octanol–water partition coefficient (Wildman–Crippen LogP) is 7.77. The number of halogens is 3. The van der Waals surface area contributed by atoms with Crippen molar-refractivity contribution in [1.29, 1.82) is 0 Å². The van der Waals surface area contributed by atoms with Crippen LogP contribution in [-0.4, -0.2) is 17.8 Å². The van der Waals surface area contributed by atoms with Crippen LogP contribution in [0.5, 0.6) is 0 Å². The van der Waals surface area contributed by atoms with Crippen molar-refractivity contribution in [2.75, 3.05) is 6.61 Å². The standard InChI is InChI=1S/C28H35F3O2/c1-4-33-19(3)26(29)17-18(2)5-6-20-7-9-21(10-8-20)24-15-16-25(28(31)27(24)30)22-11-13-23(32)14-12-22/h5-6,15-17,20-23,32H,2-4,7-14H2,1H3/b6-5+,26-17+. The van der Waals surface area contributed by atoms with Crippen LogP contribution in [0.15, 0.2) is 60.7 Å². The molecule has 3 rings (SSSR count). The quantitative estimate of drug-likeness (QED) is 0.317. The Kier molecular flexibility index (Phi) is 9.02. The lowest BCUT2D eigenvalue weighted by Gasteiger charge is -2.29. The van der Waals surface area contributed by atoms with E-state index in [9.17, 15) is 18.3 Å². The largest absolute Gasteiger partial charge is 0.491 e. The summed E-state index contributed by atoms with van der Waals surface area (Å²) >= 11 is 0. The summed E-state index contributed by atoms with van der Waals surface area (Å²) in [6, 6.07) is 3.52. The number of aliphatic hydroxyl groups is 1. The molecule has 33 heavy (non-hydrogen) atoms. The second-order valence-electron chi connectivity index (χ2n) is 9.27. The van der Waals surface area contributed by atoms with Gasteiger partial charge in [0.25, 0.3) is 0 Å². The topological polar surface area (TPSA) is 29.5 Å². The van der Waals surface area contributed by atoms with E-state index in [0.29, 0.717) is 54.9 Å². The molecular formula is C28H35F3O2. The Morgan fingerprint density at radius 1 is 0.970 bits per heavy atom. The van der Waals surface area contributed by atoms with Gasteiger partial charge in [0.1, 0.15) is 5.76 Å². The molecule has 0 aromatic heterocycles. The van der Waals surface area contributed by atoms with Crippen LogP contribution >= 0.6 is 0 Å². The summed E-state index contributed by atoms with van der Waals surface area (Å²) in [4.78, 5) is 0. The second-order valence-corrected chi connectivity index (χ2v) is 9.27. The Balaban J connectivity index is 1.57. The minimum absolute atomic E-state index is 0.00133. The maximum atomic E-state index is 15.0. The zero-order chi connectivity index (χ0) is 24.0. The molecule has 0 radical (unpaired) electrons. The predicted molar refractivity (Wildman–Crippen MR) is 127 cm³/mol. The fraction of sp³-hybridized carbons (Fsp3) is 0.500. The van der Waals surface area contributed by atoms with E-state index in [2.05, 4.69) is 13.2 Å². The van der Waals surface area contributed by atoms with Crippen molar-refractivity contribution in [1.82, 2.24) is 0 Å². The molecule has 0 unspecified atom stereocenters. The molecule has 0 heterocycles. The van der Waals surface area contributed by atoms with E-state index in [1.807, 2.05) is 6.08 Å². The molecular weight excluding hydrogens is 425 g/mol. The van der Waals surface area contributed by atoms with Gasteiger partial charge in [-0.2, -0.15) is 0 Å². The molecule has 2 nitrogen and oxygen atoms in total. The van der Waals surface area contributed by atoms with Crippen LogP contribution in [0.3, 0.4) is 0 Å². The Morgan fingerprint density at radius 3 is 2.00 bits per heavy atom. The van der Waals surface area contributed by atoms with Gasteiger partial charge < -0.3 is 9.84 Å². The van der Waals surface area contributed by atoms with Gasteiger partial charge >= 0.3 is 0 Å². The van der Waals surface area contributed by atoms with E-state index in [1.54, 1.807) is 25.1 Å². The van der Waals surface area contributed by atoms with Crippen molar-refractivity contribution in [2.24, 2.45) is 5.92 Å². The minimum atomic E-state index is -0.713. The molecule has 0 atom stereocenters. The minimum Gasteiger partial charge on any atom is -0.491 e. The highest BCUT2D eigenvalue weighted by Gasteiger charge is 2.28. The van der Waals surface area contributed by atoms with E-state index in [0.717, 1.165) is 25.7 Å². The molecule has 0 amide bonds. The molecule has 5 heteroatoms. The van der Waals surface area contributed by atoms with Gasteiger partial charge in [0.05, 0.1) is 12.7 Å². The van der Waals surface area contributed by atoms with E-state index in [4.69, 9.17) is 4.74 Å². The summed E-state index contributed by atoms with van der Waals surface area (Å²) in [6.07, 6.45) is 10.7. The molecule has 2 fully saturated rings. The van der Waals surface area contributed by atoms with Gasteiger partial charge in [0, 0.05) is 0 Å². The molecule has 2 aliphatic rings. The Hall–Kier alpha value is -2.27. The number of allylic oxidation sites excluding steroid dienone is 5. The third-order valence-electron chi connectivity index (χ3n) is 6.97. The normalized spacial score (nSPS) is 26.4. The highest BCUT2D eigenvalue weighted by Crippen LogP contribution is 2.40. The lowest BCUT2D eigenvalue weighted by atomic mass is 9.77. The molecule has 1 aromatic rings. The molecule has 0 aliphatic heterocycles. The maximum absolute atomic E-state index is 15.0. The fourth-order valence-electron chi connectivity index (χ4n) is 5.01. The molecule has 1 N–H and O–H groups in total.